The molecule has 0 radical (unpaired) electrons. The van der Waals surface area contributed by atoms with Gasteiger partial charge in [0.2, 0.25) is 0 Å². The van der Waals surface area contributed by atoms with Crippen molar-refractivity contribution < 1.29 is 28.2 Å². The van der Waals surface area contributed by atoms with E-state index in [0.29, 0.717) is 12.2 Å². The van der Waals surface area contributed by atoms with Gasteiger partial charge in [0.15, 0.2) is 0 Å². The maximum Gasteiger partial charge on any atom is 0.378 e. The minimum absolute atomic E-state index is 0.279. The van der Waals surface area contributed by atoms with Gasteiger partial charge in [0, 0.05) is 12.5 Å². The molecule has 1 aromatic heterocycles. The number of carbonyl (C=O) groups excluding carboxylic acids is 2. The topological polar surface area (TPSA) is 76.7 Å². The van der Waals surface area contributed by atoms with Crippen LogP contribution in [-0.2, 0) is 20.7 Å². The van der Waals surface area contributed by atoms with E-state index in [-0.39, 0.29) is 11.4 Å². The lowest BCUT2D eigenvalue weighted by molar-refractivity contribution is -0.149. The van der Waals surface area contributed by atoms with Crippen molar-refractivity contribution in [1.82, 2.24) is 0 Å². The Kier molecular flexibility index (Phi) is 4.73. The number of halogens is 1. The van der Waals surface area contributed by atoms with Crippen LogP contribution in [0.5, 0.6) is 0 Å². The maximum atomic E-state index is 12.9. The summed E-state index contributed by atoms with van der Waals surface area (Å²) in [5.74, 6) is -2.42. The Bertz CT molecular complexity index is 712. The first-order valence-electron chi connectivity index (χ1n) is 6.35. The van der Waals surface area contributed by atoms with Crippen molar-refractivity contribution in [2.24, 2.45) is 0 Å². The van der Waals surface area contributed by atoms with Crippen LogP contribution in [-0.4, -0.2) is 24.0 Å². The molecule has 114 valence electrons. The highest BCUT2D eigenvalue weighted by Gasteiger charge is 2.16. The monoisotopic (exact) mass is 304 g/mol. The third kappa shape index (κ3) is 3.60. The van der Waals surface area contributed by atoms with Crippen molar-refractivity contribution in [3.63, 3.8) is 0 Å². The van der Waals surface area contributed by atoms with Crippen molar-refractivity contribution in [2.75, 3.05) is 7.11 Å². The summed E-state index contributed by atoms with van der Waals surface area (Å²) in [5, 5.41) is 9.94. The molecule has 2 rings (SSSR count). The molecule has 0 saturated heterocycles. The molecule has 0 unspecified atom stereocenters. The molecule has 0 atom stereocenters. The predicted octanol–water partition coefficient (Wildman–Crippen LogP) is 2.65. The van der Waals surface area contributed by atoms with Gasteiger partial charge in [0.25, 0.3) is 5.78 Å². The van der Waals surface area contributed by atoms with Gasteiger partial charge in [0.1, 0.15) is 17.3 Å². The Labute approximate surface area is 125 Å². The van der Waals surface area contributed by atoms with Gasteiger partial charge >= 0.3 is 5.97 Å². The standard InChI is InChI=1S/C16H13FO5/c1-21-16(20)14(19)9-13(18)12-6-7-22-15(12)8-10-2-4-11(17)5-3-10/h2-7,9,18H,8H2,1H3. The number of furan rings is 1. The van der Waals surface area contributed by atoms with Crippen molar-refractivity contribution in [3.05, 3.63) is 65.4 Å². The molecule has 1 aromatic carbocycles. The number of methoxy groups -OCH3 is 1. The van der Waals surface area contributed by atoms with Crippen LogP contribution in [0.1, 0.15) is 16.9 Å². The fourth-order valence-electron chi connectivity index (χ4n) is 1.85. The number of hydrogen-bond acceptors (Lipinski definition) is 5. The molecule has 0 aliphatic rings. The number of benzene rings is 1. The van der Waals surface area contributed by atoms with Crippen LogP contribution in [0, 0.1) is 5.82 Å². The van der Waals surface area contributed by atoms with E-state index in [1.54, 1.807) is 12.1 Å². The number of aliphatic hydroxyl groups excluding tert-OH is 1. The highest BCUT2D eigenvalue weighted by molar-refractivity contribution is 6.39. The summed E-state index contributed by atoms with van der Waals surface area (Å²) in [6.07, 6.45) is 2.42. The lowest BCUT2D eigenvalue weighted by Gasteiger charge is -2.03. The van der Waals surface area contributed by atoms with Gasteiger partial charge in [-0.05, 0) is 23.8 Å². The maximum absolute atomic E-state index is 12.9. The SMILES string of the molecule is COC(=O)C(=O)C=C(O)c1ccoc1Cc1ccc(F)cc1. The van der Waals surface area contributed by atoms with Crippen molar-refractivity contribution in [3.8, 4) is 0 Å². The fourth-order valence-corrected chi connectivity index (χ4v) is 1.85. The molecule has 0 bridgehead atoms. The molecule has 0 saturated carbocycles. The van der Waals surface area contributed by atoms with Gasteiger partial charge in [-0.3, -0.25) is 4.79 Å². The largest absolute Gasteiger partial charge is 0.507 e. The van der Waals surface area contributed by atoms with E-state index in [0.717, 1.165) is 18.7 Å². The van der Waals surface area contributed by atoms with Crippen LogP contribution in [0.2, 0.25) is 0 Å². The third-order valence-corrected chi connectivity index (χ3v) is 2.95. The molecule has 0 amide bonds. The van der Waals surface area contributed by atoms with E-state index >= 15 is 0 Å². The number of esters is 1. The Morgan fingerprint density at radius 1 is 1.27 bits per heavy atom. The van der Waals surface area contributed by atoms with Gasteiger partial charge in [-0.25, -0.2) is 9.18 Å². The second kappa shape index (κ2) is 6.71. The normalized spacial score (nSPS) is 11.3. The number of aliphatic hydroxyl groups is 1. The molecule has 1 heterocycles. The van der Waals surface area contributed by atoms with Crippen LogP contribution >= 0.6 is 0 Å². The molecule has 0 aliphatic heterocycles. The van der Waals surface area contributed by atoms with E-state index in [4.69, 9.17) is 4.42 Å². The molecule has 0 aliphatic carbocycles. The van der Waals surface area contributed by atoms with Crippen molar-refractivity contribution in [2.45, 2.75) is 6.42 Å². The van der Waals surface area contributed by atoms with Gasteiger partial charge in [-0.2, -0.15) is 0 Å². The van der Waals surface area contributed by atoms with Crippen molar-refractivity contribution >= 4 is 17.5 Å². The van der Waals surface area contributed by atoms with E-state index in [1.807, 2.05) is 0 Å². The van der Waals surface area contributed by atoms with Crippen LogP contribution in [0.25, 0.3) is 5.76 Å². The second-order valence-electron chi connectivity index (χ2n) is 4.45. The zero-order chi connectivity index (χ0) is 16.1. The van der Waals surface area contributed by atoms with Crippen LogP contribution < -0.4 is 0 Å². The average Bonchev–Trinajstić information content (AvgIpc) is 2.96. The molecular weight excluding hydrogens is 291 g/mol. The van der Waals surface area contributed by atoms with Gasteiger partial charge < -0.3 is 14.3 Å². The quantitative estimate of drug-likeness (QED) is 0.398. The molecule has 0 fully saturated rings. The van der Waals surface area contributed by atoms with Crippen molar-refractivity contribution in [1.29, 1.82) is 0 Å². The fraction of sp³-hybridized carbons (Fsp3) is 0.125. The summed E-state index contributed by atoms with van der Waals surface area (Å²) in [5.41, 5.74) is 1.05. The molecule has 1 N–H and O–H groups in total. The number of ether oxygens (including phenoxy) is 1. The minimum Gasteiger partial charge on any atom is -0.507 e. The summed E-state index contributed by atoms with van der Waals surface area (Å²) >= 11 is 0. The Morgan fingerprint density at radius 3 is 2.59 bits per heavy atom. The minimum atomic E-state index is -1.07. The first-order valence-corrected chi connectivity index (χ1v) is 6.35. The average molecular weight is 304 g/mol. The molecule has 6 heteroatoms. The Morgan fingerprint density at radius 2 is 1.95 bits per heavy atom. The highest BCUT2D eigenvalue weighted by Crippen LogP contribution is 2.22. The zero-order valence-corrected chi connectivity index (χ0v) is 11.7. The summed E-state index contributed by atoms with van der Waals surface area (Å²) in [6, 6.07) is 7.27. The van der Waals surface area contributed by atoms with E-state index in [1.165, 1.54) is 24.5 Å². The highest BCUT2D eigenvalue weighted by atomic mass is 19.1. The summed E-state index contributed by atoms with van der Waals surface area (Å²) in [6.45, 7) is 0. The predicted molar refractivity (Wildman–Crippen MR) is 75.5 cm³/mol. The van der Waals surface area contributed by atoms with Crippen LogP contribution in [0.15, 0.2) is 47.1 Å². The second-order valence-corrected chi connectivity index (χ2v) is 4.45. The summed E-state index contributed by atoms with van der Waals surface area (Å²) < 4.78 is 22.4. The number of ketones is 1. The van der Waals surface area contributed by atoms with E-state index in [2.05, 4.69) is 4.74 Å². The van der Waals surface area contributed by atoms with Crippen LogP contribution in [0.4, 0.5) is 4.39 Å². The summed E-state index contributed by atoms with van der Waals surface area (Å²) in [4.78, 5) is 22.4. The van der Waals surface area contributed by atoms with Gasteiger partial charge in [-0.1, -0.05) is 12.1 Å². The molecule has 0 spiro atoms. The molecule has 22 heavy (non-hydrogen) atoms. The first-order chi connectivity index (χ1) is 10.5. The lowest BCUT2D eigenvalue weighted by atomic mass is 10.1. The smallest absolute Gasteiger partial charge is 0.378 e. The summed E-state index contributed by atoms with van der Waals surface area (Å²) in [7, 11) is 1.07. The number of rotatable bonds is 5. The van der Waals surface area contributed by atoms with E-state index in [9.17, 15) is 19.1 Å². The zero-order valence-electron chi connectivity index (χ0n) is 11.7. The third-order valence-electron chi connectivity index (χ3n) is 2.95. The number of carbonyl (C=O) groups is 2. The Hall–Kier alpha value is -2.89. The Balaban J connectivity index is 2.22. The van der Waals surface area contributed by atoms with Gasteiger partial charge in [0.05, 0.1) is 18.9 Å². The molecular formula is C16H13FO5. The number of hydrogen-bond donors (Lipinski definition) is 1. The lowest BCUT2D eigenvalue weighted by Crippen LogP contribution is -2.13. The van der Waals surface area contributed by atoms with Crippen LogP contribution in [0.3, 0.4) is 0 Å². The van der Waals surface area contributed by atoms with Gasteiger partial charge in [-0.15, -0.1) is 0 Å². The molecule has 2 aromatic rings. The first kappa shape index (κ1) is 15.5. The molecule has 5 nitrogen and oxygen atoms in total. The van der Waals surface area contributed by atoms with E-state index < -0.39 is 17.5 Å².